The first kappa shape index (κ1) is 9.47. The Hall–Kier alpha value is -0.620. The summed E-state index contributed by atoms with van der Waals surface area (Å²) in [5, 5.41) is 0. The molecule has 6 heteroatoms. The molecule has 0 bridgehead atoms. The van der Waals surface area contributed by atoms with Crippen LogP contribution in [0.4, 0.5) is 0 Å². The number of carbonyl (C=O) groups excluding carboxylic acids is 1. The Morgan fingerprint density at radius 1 is 1.58 bits per heavy atom. The molecule has 70 valence electrons. The molecule has 0 aliphatic carbocycles. The summed E-state index contributed by atoms with van der Waals surface area (Å²) < 4.78 is 29.2. The van der Waals surface area contributed by atoms with Gasteiger partial charge in [-0.1, -0.05) is 0 Å². The molecule has 1 amide bonds. The third-order valence-corrected chi connectivity index (χ3v) is 3.16. The lowest BCUT2D eigenvalue weighted by molar-refractivity contribution is -0.117. The Morgan fingerprint density at radius 3 is 2.67 bits per heavy atom. The van der Waals surface area contributed by atoms with E-state index < -0.39 is 21.4 Å². The van der Waals surface area contributed by atoms with Crippen LogP contribution in [0.25, 0.3) is 0 Å². The van der Waals surface area contributed by atoms with Crippen molar-refractivity contribution in [2.24, 2.45) is 0 Å². The molecule has 1 atom stereocenters. The van der Waals surface area contributed by atoms with Crippen LogP contribution in [0.3, 0.4) is 0 Å². The smallest absolute Gasteiger partial charge is 0.262 e. The number of amides is 1. The van der Waals surface area contributed by atoms with E-state index in [1.54, 1.807) is 0 Å². The van der Waals surface area contributed by atoms with Gasteiger partial charge in [-0.3, -0.25) is 9.52 Å². The van der Waals surface area contributed by atoms with Crippen molar-refractivity contribution in [2.45, 2.75) is 25.2 Å². The van der Waals surface area contributed by atoms with Crippen molar-refractivity contribution in [2.75, 3.05) is 6.61 Å². The van der Waals surface area contributed by atoms with Gasteiger partial charge in [0.15, 0.2) is 5.44 Å². The first-order valence-corrected chi connectivity index (χ1v) is 5.21. The minimum absolute atomic E-state index is 0.448. The number of ether oxygens (including phenoxy) is 1. The average molecular weight is 193 g/mol. The topological polar surface area (TPSA) is 72.5 Å². The molecule has 1 rings (SSSR count). The van der Waals surface area contributed by atoms with Crippen LogP contribution in [-0.2, 0) is 19.6 Å². The van der Waals surface area contributed by atoms with Crippen LogP contribution in [0.2, 0.25) is 0 Å². The van der Waals surface area contributed by atoms with Gasteiger partial charge in [-0.15, -0.1) is 0 Å². The molecule has 12 heavy (non-hydrogen) atoms. The number of sulfonamides is 1. The molecule has 0 aromatic heterocycles. The molecular formula is C6H11NO4S. The monoisotopic (exact) mass is 193 g/mol. The molecule has 1 unspecified atom stereocenters. The predicted molar refractivity (Wildman–Crippen MR) is 41.7 cm³/mol. The van der Waals surface area contributed by atoms with Crippen molar-refractivity contribution in [1.82, 2.24) is 4.72 Å². The highest BCUT2D eigenvalue weighted by molar-refractivity contribution is 7.90. The molecule has 1 N–H and O–H groups in total. The summed E-state index contributed by atoms with van der Waals surface area (Å²) in [6.07, 6.45) is 1.19. The van der Waals surface area contributed by atoms with Gasteiger partial charge < -0.3 is 4.74 Å². The van der Waals surface area contributed by atoms with Crippen LogP contribution in [-0.4, -0.2) is 26.4 Å². The summed E-state index contributed by atoms with van der Waals surface area (Å²) in [4.78, 5) is 10.5. The fourth-order valence-corrected chi connectivity index (χ4v) is 2.34. The van der Waals surface area contributed by atoms with Crippen LogP contribution in [0.5, 0.6) is 0 Å². The second kappa shape index (κ2) is 3.40. The molecule has 0 saturated carbocycles. The van der Waals surface area contributed by atoms with Gasteiger partial charge in [0.1, 0.15) is 0 Å². The van der Waals surface area contributed by atoms with Gasteiger partial charge in [0.2, 0.25) is 5.91 Å². The molecule has 1 aliphatic rings. The maximum absolute atomic E-state index is 11.2. The molecule has 1 fully saturated rings. The van der Waals surface area contributed by atoms with Gasteiger partial charge in [0.05, 0.1) is 0 Å². The lowest BCUT2D eigenvalue weighted by atomic mass is 10.4. The van der Waals surface area contributed by atoms with Gasteiger partial charge in [-0.05, 0) is 12.8 Å². The molecule has 0 aromatic rings. The van der Waals surface area contributed by atoms with Crippen LogP contribution >= 0.6 is 0 Å². The van der Waals surface area contributed by atoms with E-state index in [9.17, 15) is 13.2 Å². The molecule has 0 spiro atoms. The fourth-order valence-electron chi connectivity index (χ4n) is 1.06. The SMILES string of the molecule is CC(=O)NS(=O)(=O)C1CCCO1. The molecule has 0 radical (unpaired) electrons. The highest BCUT2D eigenvalue weighted by Gasteiger charge is 2.30. The maximum Gasteiger partial charge on any atom is 0.262 e. The van der Waals surface area contributed by atoms with Crippen molar-refractivity contribution >= 4 is 15.9 Å². The van der Waals surface area contributed by atoms with Crippen molar-refractivity contribution in [1.29, 1.82) is 0 Å². The lowest BCUT2D eigenvalue weighted by Gasteiger charge is -2.10. The van der Waals surface area contributed by atoms with Gasteiger partial charge >= 0.3 is 0 Å². The van der Waals surface area contributed by atoms with Gasteiger partial charge in [0, 0.05) is 13.5 Å². The quantitative estimate of drug-likeness (QED) is 0.647. The third kappa shape index (κ3) is 2.18. The standard InChI is InChI=1S/C6H11NO4S/c1-5(8)7-12(9,10)6-3-2-4-11-6/h6H,2-4H2,1H3,(H,7,8). The second-order valence-electron chi connectivity index (χ2n) is 2.65. The number of hydrogen-bond acceptors (Lipinski definition) is 4. The maximum atomic E-state index is 11.2. The van der Waals surface area contributed by atoms with Gasteiger partial charge in [0.25, 0.3) is 10.0 Å². The van der Waals surface area contributed by atoms with E-state index in [4.69, 9.17) is 4.74 Å². The number of nitrogens with one attached hydrogen (secondary N) is 1. The van der Waals surface area contributed by atoms with Crippen molar-refractivity contribution in [3.05, 3.63) is 0 Å². The Bertz CT molecular complexity index is 265. The minimum Gasteiger partial charge on any atom is -0.360 e. The van der Waals surface area contributed by atoms with Crippen LogP contribution in [0, 0.1) is 0 Å². The van der Waals surface area contributed by atoms with Crippen LogP contribution < -0.4 is 4.72 Å². The van der Waals surface area contributed by atoms with Crippen molar-refractivity contribution in [3.8, 4) is 0 Å². The Balaban J connectivity index is 2.64. The first-order valence-electron chi connectivity index (χ1n) is 3.66. The minimum atomic E-state index is -3.58. The van der Waals surface area contributed by atoms with Crippen LogP contribution in [0.1, 0.15) is 19.8 Å². The lowest BCUT2D eigenvalue weighted by Crippen LogP contribution is -2.36. The molecule has 1 aliphatic heterocycles. The second-order valence-corrected chi connectivity index (χ2v) is 4.47. The number of carbonyl (C=O) groups is 1. The Morgan fingerprint density at radius 2 is 2.25 bits per heavy atom. The number of rotatable bonds is 2. The highest BCUT2D eigenvalue weighted by atomic mass is 32.2. The summed E-state index contributed by atoms with van der Waals surface area (Å²) >= 11 is 0. The van der Waals surface area contributed by atoms with Crippen molar-refractivity contribution < 1.29 is 17.9 Å². The summed E-state index contributed by atoms with van der Waals surface area (Å²) in [6.45, 7) is 1.61. The van der Waals surface area contributed by atoms with Gasteiger partial charge in [-0.2, -0.15) is 0 Å². The van der Waals surface area contributed by atoms with Crippen LogP contribution in [0.15, 0.2) is 0 Å². The highest BCUT2D eigenvalue weighted by Crippen LogP contribution is 2.16. The molecular weight excluding hydrogens is 182 g/mol. The van der Waals surface area contributed by atoms with E-state index >= 15 is 0 Å². The summed E-state index contributed by atoms with van der Waals surface area (Å²) in [5.41, 5.74) is -0.846. The van der Waals surface area contributed by atoms with E-state index in [2.05, 4.69) is 0 Å². The van der Waals surface area contributed by atoms with Crippen molar-refractivity contribution in [3.63, 3.8) is 0 Å². The normalized spacial score (nSPS) is 23.9. The van der Waals surface area contributed by atoms with E-state index in [1.807, 2.05) is 4.72 Å². The molecule has 1 heterocycles. The first-order chi connectivity index (χ1) is 5.52. The zero-order chi connectivity index (χ0) is 9.19. The predicted octanol–water partition coefficient (Wildman–Crippen LogP) is -0.411. The number of hydrogen-bond donors (Lipinski definition) is 1. The van der Waals surface area contributed by atoms with E-state index in [-0.39, 0.29) is 0 Å². The summed E-state index contributed by atoms with van der Waals surface area (Å²) in [7, 11) is -3.58. The van der Waals surface area contributed by atoms with E-state index in [0.717, 1.165) is 13.3 Å². The average Bonchev–Trinajstić information content (AvgIpc) is 2.32. The molecule has 1 saturated heterocycles. The Labute approximate surface area is 71.1 Å². The summed E-state index contributed by atoms with van der Waals surface area (Å²) in [6, 6.07) is 0. The Kier molecular flexibility index (Phi) is 2.69. The fraction of sp³-hybridized carbons (Fsp3) is 0.833. The van der Waals surface area contributed by atoms with Gasteiger partial charge in [-0.25, -0.2) is 8.42 Å². The molecule has 0 aromatic carbocycles. The van der Waals surface area contributed by atoms with E-state index in [1.165, 1.54) is 0 Å². The zero-order valence-corrected chi connectivity index (χ0v) is 7.56. The zero-order valence-electron chi connectivity index (χ0n) is 6.74. The molecule has 5 nitrogen and oxygen atoms in total. The largest absolute Gasteiger partial charge is 0.360 e. The van der Waals surface area contributed by atoms with E-state index in [0.29, 0.717) is 13.0 Å². The summed E-state index contributed by atoms with van der Waals surface area (Å²) in [5.74, 6) is -0.578. The third-order valence-electron chi connectivity index (χ3n) is 1.52.